The lowest BCUT2D eigenvalue weighted by molar-refractivity contribution is -0.107. The van der Waals surface area contributed by atoms with Crippen molar-refractivity contribution in [2.24, 2.45) is 0 Å². The molecular formula is C26H38N4O5. The molecule has 2 amide bonds. The Balaban J connectivity index is 0.00000298. The van der Waals surface area contributed by atoms with Gasteiger partial charge < -0.3 is 24.4 Å². The lowest BCUT2D eigenvalue weighted by Crippen LogP contribution is -2.33. The Hall–Kier alpha value is -3.43. The van der Waals surface area contributed by atoms with Gasteiger partial charge in [-0.3, -0.25) is 14.2 Å². The number of nitrogens with zero attached hydrogens (tertiary/aromatic N) is 4. The van der Waals surface area contributed by atoms with E-state index in [0.29, 0.717) is 19.5 Å². The first-order valence-corrected chi connectivity index (χ1v) is 11.6. The summed E-state index contributed by atoms with van der Waals surface area (Å²) >= 11 is 0. The molecule has 9 nitrogen and oxygen atoms in total. The van der Waals surface area contributed by atoms with Crippen molar-refractivity contribution >= 4 is 18.1 Å². The highest BCUT2D eigenvalue weighted by molar-refractivity contribution is 5.99. The summed E-state index contributed by atoms with van der Waals surface area (Å²) in [4.78, 5) is 32.1. The lowest BCUT2D eigenvalue weighted by Gasteiger charge is -2.20. The highest BCUT2D eigenvalue weighted by atomic mass is 16.5. The summed E-state index contributed by atoms with van der Waals surface area (Å²) in [5.41, 5.74) is 2.29. The fourth-order valence-corrected chi connectivity index (χ4v) is 3.07. The van der Waals surface area contributed by atoms with Crippen LogP contribution in [0.5, 0.6) is 6.01 Å². The van der Waals surface area contributed by atoms with Crippen LogP contribution in [0.4, 0.5) is 5.82 Å². The van der Waals surface area contributed by atoms with Gasteiger partial charge in [0.25, 0.3) is 11.9 Å². The van der Waals surface area contributed by atoms with Crippen molar-refractivity contribution < 1.29 is 24.2 Å². The zero-order valence-corrected chi connectivity index (χ0v) is 21.4. The number of aliphatic hydroxyl groups excluding tert-OH is 1. The zero-order valence-electron chi connectivity index (χ0n) is 21.4. The van der Waals surface area contributed by atoms with Crippen LogP contribution >= 0.6 is 0 Å². The third kappa shape index (κ3) is 9.03. The van der Waals surface area contributed by atoms with Crippen LogP contribution < -0.4 is 9.64 Å². The first kappa shape index (κ1) is 29.6. The van der Waals surface area contributed by atoms with Crippen LogP contribution in [-0.2, 0) is 22.7 Å². The molecule has 0 saturated carbocycles. The molecule has 2 rings (SSSR count). The maximum absolute atomic E-state index is 13.4. The maximum atomic E-state index is 13.4. The smallest absolute Gasteiger partial charge is 0.299 e. The first-order valence-electron chi connectivity index (χ1n) is 11.6. The summed E-state index contributed by atoms with van der Waals surface area (Å²) in [7, 11) is 3.17. The predicted octanol–water partition coefficient (Wildman–Crippen LogP) is 3.21. The Morgan fingerprint density at radius 1 is 1.26 bits per heavy atom. The summed E-state index contributed by atoms with van der Waals surface area (Å²) in [6.45, 7) is 10.9. The van der Waals surface area contributed by atoms with Gasteiger partial charge in [-0.05, 0) is 12.5 Å². The van der Waals surface area contributed by atoms with Gasteiger partial charge in [-0.25, -0.2) is 0 Å². The molecule has 1 N–H and O–H groups in total. The summed E-state index contributed by atoms with van der Waals surface area (Å²) in [6.07, 6.45) is 5.81. The second-order valence-corrected chi connectivity index (χ2v) is 7.40. The molecule has 1 heterocycles. The number of rotatable bonds is 14. The fraction of sp³-hybridized carbons (Fsp3) is 0.423. The summed E-state index contributed by atoms with van der Waals surface area (Å²) in [6, 6.07) is 8.13. The van der Waals surface area contributed by atoms with E-state index in [9.17, 15) is 9.59 Å². The molecule has 0 saturated heterocycles. The van der Waals surface area contributed by atoms with E-state index in [0.717, 1.165) is 11.1 Å². The molecule has 9 heteroatoms. The number of benzene rings is 1. The molecule has 0 spiro atoms. The number of amides is 2. The topological polar surface area (TPSA) is 97.1 Å². The van der Waals surface area contributed by atoms with Gasteiger partial charge >= 0.3 is 0 Å². The van der Waals surface area contributed by atoms with Crippen LogP contribution in [0.2, 0.25) is 0 Å². The third-order valence-corrected chi connectivity index (χ3v) is 4.77. The highest BCUT2D eigenvalue weighted by Crippen LogP contribution is 2.27. The molecule has 2 aromatic rings. The molecule has 0 bridgehead atoms. The number of carbonyl (C=O) groups excluding carboxylic acids is 2. The number of hydrogen-bond donors (Lipinski definition) is 1. The Morgan fingerprint density at radius 2 is 2.00 bits per heavy atom. The van der Waals surface area contributed by atoms with Gasteiger partial charge in [-0.2, -0.15) is 4.98 Å². The van der Waals surface area contributed by atoms with E-state index in [4.69, 9.17) is 14.6 Å². The summed E-state index contributed by atoms with van der Waals surface area (Å²) in [5, 5.41) is 8.85. The molecule has 35 heavy (non-hydrogen) atoms. The zero-order chi connectivity index (χ0) is 26.2. The number of allylic oxidation sites excluding steroid dienone is 3. The number of aryl methyl sites for hydroxylation is 1. The molecule has 0 aliphatic rings. The van der Waals surface area contributed by atoms with Crippen molar-refractivity contribution in [2.45, 2.75) is 33.9 Å². The molecule has 0 aliphatic carbocycles. The highest BCUT2D eigenvalue weighted by Gasteiger charge is 2.28. The minimum atomic E-state index is -0.337. The van der Waals surface area contributed by atoms with Crippen molar-refractivity contribution in [3.8, 4) is 6.01 Å². The standard InChI is InChI=1S/C24H32N4O5.C2H6/c1-5-6-7-11-28-21(23(31)26(3)12-14-32-15-13-29)22(27(4)18-30)25-24(28)33-17-20-10-8-9-19(2)16-20;1-2/h5-10,16,18,29H,1,11-15,17H2,2-4H3;1-2H3/b7-6+;. The van der Waals surface area contributed by atoms with E-state index in [1.807, 2.05) is 51.1 Å². The van der Waals surface area contributed by atoms with Crippen molar-refractivity contribution in [1.82, 2.24) is 14.5 Å². The minimum Gasteiger partial charge on any atom is -0.460 e. The van der Waals surface area contributed by atoms with Gasteiger partial charge in [-0.1, -0.05) is 68.5 Å². The van der Waals surface area contributed by atoms with E-state index in [1.165, 1.54) is 16.8 Å². The van der Waals surface area contributed by atoms with Crippen molar-refractivity contribution in [2.75, 3.05) is 45.4 Å². The number of anilines is 1. The van der Waals surface area contributed by atoms with Gasteiger partial charge in [0.15, 0.2) is 11.5 Å². The van der Waals surface area contributed by atoms with Gasteiger partial charge in [0, 0.05) is 27.2 Å². The number of ether oxygens (including phenoxy) is 2. The largest absolute Gasteiger partial charge is 0.460 e. The van der Waals surface area contributed by atoms with Gasteiger partial charge in [0.1, 0.15) is 6.61 Å². The minimum absolute atomic E-state index is 0.0873. The number of aromatic nitrogens is 2. The normalized spacial score (nSPS) is 10.5. The molecule has 0 aliphatic heterocycles. The SMILES string of the molecule is C=C/C=C/Cn1c(OCc2cccc(C)c2)nc(N(C)C=O)c1C(=O)N(C)CCOCCO.CC. The Bertz CT molecular complexity index is 971. The number of aliphatic hydroxyl groups is 1. The third-order valence-electron chi connectivity index (χ3n) is 4.77. The molecular weight excluding hydrogens is 448 g/mol. The van der Waals surface area contributed by atoms with Gasteiger partial charge in [-0.15, -0.1) is 0 Å². The monoisotopic (exact) mass is 486 g/mol. The second-order valence-electron chi connectivity index (χ2n) is 7.40. The van der Waals surface area contributed by atoms with Crippen LogP contribution in [0.25, 0.3) is 0 Å². The summed E-state index contributed by atoms with van der Waals surface area (Å²) in [5.74, 6) is -0.138. The quantitative estimate of drug-likeness (QED) is 0.250. The van der Waals surface area contributed by atoms with Gasteiger partial charge in [0.2, 0.25) is 6.41 Å². The average molecular weight is 487 g/mol. The van der Waals surface area contributed by atoms with E-state index >= 15 is 0 Å². The Kier molecular flexibility index (Phi) is 13.7. The number of carbonyl (C=O) groups is 2. The van der Waals surface area contributed by atoms with Crippen molar-refractivity contribution in [1.29, 1.82) is 0 Å². The van der Waals surface area contributed by atoms with E-state index in [1.54, 1.807) is 23.8 Å². The van der Waals surface area contributed by atoms with E-state index in [2.05, 4.69) is 11.6 Å². The fourth-order valence-electron chi connectivity index (χ4n) is 3.07. The molecule has 0 unspecified atom stereocenters. The molecule has 0 radical (unpaired) electrons. The van der Waals surface area contributed by atoms with E-state index < -0.39 is 0 Å². The molecule has 0 atom stereocenters. The number of hydrogen-bond acceptors (Lipinski definition) is 6. The molecule has 1 aromatic carbocycles. The summed E-state index contributed by atoms with van der Waals surface area (Å²) < 4.78 is 12.9. The maximum Gasteiger partial charge on any atom is 0.299 e. The van der Waals surface area contributed by atoms with Crippen LogP contribution in [0.15, 0.2) is 49.1 Å². The van der Waals surface area contributed by atoms with Crippen molar-refractivity contribution in [3.63, 3.8) is 0 Å². The van der Waals surface area contributed by atoms with E-state index in [-0.39, 0.29) is 49.9 Å². The molecule has 192 valence electrons. The Morgan fingerprint density at radius 3 is 2.63 bits per heavy atom. The second kappa shape index (κ2) is 16.2. The predicted molar refractivity (Wildman–Crippen MR) is 138 cm³/mol. The van der Waals surface area contributed by atoms with Crippen molar-refractivity contribution in [3.05, 3.63) is 65.9 Å². The van der Waals surface area contributed by atoms with Crippen LogP contribution in [-0.4, -0.2) is 72.3 Å². The molecule has 0 fully saturated rings. The van der Waals surface area contributed by atoms with Gasteiger partial charge in [0.05, 0.1) is 19.8 Å². The van der Waals surface area contributed by atoms with Crippen LogP contribution in [0.3, 0.4) is 0 Å². The Labute approximate surface area is 208 Å². The van der Waals surface area contributed by atoms with Crippen LogP contribution in [0, 0.1) is 6.92 Å². The van der Waals surface area contributed by atoms with Crippen LogP contribution in [0.1, 0.15) is 35.5 Å². The molecule has 1 aromatic heterocycles. The number of imidazole rings is 1. The number of likely N-dealkylation sites (N-methyl/N-ethyl adjacent to an activating group) is 1. The first-order chi connectivity index (χ1) is 16.9. The lowest BCUT2D eigenvalue weighted by atomic mass is 10.1. The average Bonchev–Trinajstić information content (AvgIpc) is 3.24.